The summed E-state index contributed by atoms with van der Waals surface area (Å²) < 4.78 is 7.17. The molecule has 1 aromatic heterocycles. The second-order valence-corrected chi connectivity index (χ2v) is 6.03. The number of amides is 1. The molecular formula is C19H18N4O2. The van der Waals surface area contributed by atoms with Gasteiger partial charge in [-0.05, 0) is 42.2 Å². The zero-order valence-corrected chi connectivity index (χ0v) is 13.8. The molecule has 0 spiro atoms. The van der Waals surface area contributed by atoms with Crippen LogP contribution < -0.4 is 10.1 Å². The van der Waals surface area contributed by atoms with Crippen LogP contribution in [0.2, 0.25) is 0 Å². The van der Waals surface area contributed by atoms with Gasteiger partial charge in [0, 0.05) is 0 Å². The van der Waals surface area contributed by atoms with E-state index in [4.69, 9.17) is 4.74 Å². The molecule has 6 nitrogen and oxygen atoms in total. The van der Waals surface area contributed by atoms with Gasteiger partial charge in [-0.2, -0.15) is 0 Å². The van der Waals surface area contributed by atoms with Crippen LogP contribution in [0, 0.1) is 0 Å². The van der Waals surface area contributed by atoms with Crippen LogP contribution >= 0.6 is 0 Å². The van der Waals surface area contributed by atoms with Crippen LogP contribution in [0.1, 0.15) is 23.5 Å². The van der Waals surface area contributed by atoms with Gasteiger partial charge >= 0.3 is 0 Å². The number of benzene rings is 2. The van der Waals surface area contributed by atoms with Crippen LogP contribution in [0.25, 0.3) is 5.69 Å². The first-order valence-electron chi connectivity index (χ1n) is 8.18. The number of fused-ring (bicyclic) bond motifs is 1. The number of aromatic nitrogens is 3. The van der Waals surface area contributed by atoms with Crippen molar-refractivity contribution in [2.24, 2.45) is 0 Å². The number of methoxy groups -OCH3 is 1. The van der Waals surface area contributed by atoms with Crippen molar-refractivity contribution >= 4 is 11.6 Å². The maximum absolute atomic E-state index is 12.8. The third kappa shape index (κ3) is 2.87. The number of carbonyl (C=O) groups excluding carboxylic acids is 1. The molecule has 0 saturated heterocycles. The van der Waals surface area contributed by atoms with Gasteiger partial charge in [0.25, 0.3) is 0 Å². The number of aryl methyl sites for hydroxylation is 1. The number of hydrogen-bond acceptors (Lipinski definition) is 4. The molecule has 0 radical (unpaired) electrons. The summed E-state index contributed by atoms with van der Waals surface area (Å²) in [5, 5.41) is 10.7. The Kier molecular flexibility index (Phi) is 3.93. The fraction of sp³-hybridized carbons (Fsp3) is 0.211. The van der Waals surface area contributed by atoms with Crippen molar-refractivity contribution in [3.63, 3.8) is 0 Å². The average Bonchev–Trinajstić information content (AvgIpc) is 3.31. The topological polar surface area (TPSA) is 69.0 Å². The molecule has 0 fully saturated rings. The quantitative estimate of drug-likeness (QED) is 0.796. The van der Waals surface area contributed by atoms with Gasteiger partial charge in [0.05, 0.1) is 24.4 Å². The molecular weight excluding hydrogens is 316 g/mol. The first-order chi connectivity index (χ1) is 12.3. The standard InChI is InChI=1S/C19H18N4O2/c1-25-18-9-7-14(23-11-20-21-12-23)10-17(18)22-19(24)16-8-6-13-4-2-3-5-15(13)16/h2-5,7,9-12,16H,6,8H2,1H3,(H,22,24). The zero-order chi connectivity index (χ0) is 17.2. The SMILES string of the molecule is COc1ccc(-n2cnnc2)cc1NC(=O)C1CCc2ccccc21. The Morgan fingerprint density at radius 1 is 1.20 bits per heavy atom. The van der Waals surface area contributed by atoms with Gasteiger partial charge < -0.3 is 10.1 Å². The summed E-state index contributed by atoms with van der Waals surface area (Å²) in [5.74, 6) is 0.486. The van der Waals surface area contributed by atoms with Crippen molar-refractivity contribution < 1.29 is 9.53 Å². The number of ether oxygens (including phenoxy) is 1. The number of anilines is 1. The maximum Gasteiger partial charge on any atom is 0.232 e. The van der Waals surface area contributed by atoms with E-state index in [-0.39, 0.29) is 11.8 Å². The van der Waals surface area contributed by atoms with Crippen LogP contribution in [-0.2, 0) is 11.2 Å². The second kappa shape index (κ2) is 6.39. The lowest BCUT2D eigenvalue weighted by Crippen LogP contribution is -2.20. The number of nitrogens with one attached hydrogen (secondary N) is 1. The van der Waals surface area contributed by atoms with Gasteiger partial charge in [-0.3, -0.25) is 9.36 Å². The lowest BCUT2D eigenvalue weighted by molar-refractivity contribution is -0.117. The molecule has 1 amide bonds. The van der Waals surface area contributed by atoms with Crippen molar-refractivity contribution in [2.45, 2.75) is 18.8 Å². The predicted octanol–water partition coefficient (Wildman–Crippen LogP) is 2.94. The van der Waals surface area contributed by atoms with Crippen molar-refractivity contribution in [1.29, 1.82) is 0 Å². The Labute approximate surface area is 145 Å². The minimum Gasteiger partial charge on any atom is -0.495 e. The van der Waals surface area contributed by atoms with Crippen molar-refractivity contribution in [3.05, 3.63) is 66.2 Å². The van der Waals surface area contributed by atoms with E-state index in [9.17, 15) is 4.79 Å². The molecule has 1 unspecified atom stereocenters. The van der Waals surface area contributed by atoms with E-state index in [2.05, 4.69) is 21.6 Å². The van der Waals surface area contributed by atoms with Crippen LogP contribution in [0.4, 0.5) is 5.69 Å². The number of hydrogen-bond donors (Lipinski definition) is 1. The summed E-state index contributed by atoms with van der Waals surface area (Å²) in [6, 6.07) is 13.7. The highest BCUT2D eigenvalue weighted by molar-refractivity contribution is 5.98. The molecule has 25 heavy (non-hydrogen) atoms. The van der Waals surface area contributed by atoms with E-state index in [1.165, 1.54) is 5.56 Å². The molecule has 4 rings (SSSR count). The lowest BCUT2D eigenvalue weighted by Gasteiger charge is -2.15. The summed E-state index contributed by atoms with van der Waals surface area (Å²) in [4.78, 5) is 12.8. The van der Waals surface area contributed by atoms with E-state index in [0.717, 1.165) is 24.1 Å². The third-order valence-electron chi connectivity index (χ3n) is 4.61. The Balaban J connectivity index is 1.62. The molecule has 3 aromatic rings. The molecule has 1 N–H and O–H groups in total. The summed E-state index contributed by atoms with van der Waals surface area (Å²) in [7, 11) is 1.59. The lowest BCUT2D eigenvalue weighted by atomic mass is 10.0. The summed E-state index contributed by atoms with van der Waals surface area (Å²) >= 11 is 0. The van der Waals surface area contributed by atoms with Crippen molar-refractivity contribution in [3.8, 4) is 11.4 Å². The van der Waals surface area contributed by atoms with E-state index in [1.807, 2.05) is 36.4 Å². The highest BCUT2D eigenvalue weighted by Crippen LogP contribution is 2.35. The molecule has 0 saturated carbocycles. The fourth-order valence-electron chi connectivity index (χ4n) is 3.34. The average molecular weight is 334 g/mol. The monoisotopic (exact) mass is 334 g/mol. The Morgan fingerprint density at radius 3 is 2.80 bits per heavy atom. The minimum absolute atomic E-state index is 0.0100. The molecule has 1 aliphatic rings. The maximum atomic E-state index is 12.8. The van der Waals surface area contributed by atoms with Gasteiger partial charge in [-0.1, -0.05) is 24.3 Å². The number of carbonyl (C=O) groups is 1. The molecule has 1 aliphatic carbocycles. The fourth-order valence-corrected chi connectivity index (χ4v) is 3.34. The highest BCUT2D eigenvalue weighted by Gasteiger charge is 2.28. The molecule has 126 valence electrons. The Bertz CT molecular complexity index is 906. The molecule has 6 heteroatoms. The molecule has 1 heterocycles. The molecule has 2 aromatic carbocycles. The predicted molar refractivity (Wildman–Crippen MR) is 94.0 cm³/mol. The zero-order valence-electron chi connectivity index (χ0n) is 13.8. The van der Waals surface area contributed by atoms with Gasteiger partial charge in [0.1, 0.15) is 18.4 Å². The van der Waals surface area contributed by atoms with Gasteiger partial charge in [-0.15, -0.1) is 10.2 Å². The first kappa shape index (κ1) is 15.4. The minimum atomic E-state index is -0.125. The van der Waals surface area contributed by atoms with Crippen molar-refractivity contribution in [2.75, 3.05) is 12.4 Å². The van der Waals surface area contributed by atoms with Crippen LogP contribution in [0.5, 0.6) is 5.75 Å². The molecule has 1 atom stereocenters. The highest BCUT2D eigenvalue weighted by atomic mass is 16.5. The van der Waals surface area contributed by atoms with E-state index in [1.54, 1.807) is 24.3 Å². The van der Waals surface area contributed by atoms with E-state index in [0.29, 0.717) is 11.4 Å². The second-order valence-electron chi connectivity index (χ2n) is 6.03. The van der Waals surface area contributed by atoms with Crippen molar-refractivity contribution in [1.82, 2.24) is 14.8 Å². The smallest absolute Gasteiger partial charge is 0.232 e. The number of nitrogens with zero attached hydrogens (tertiary/aromatic N) is 3. The van der Waals surface area contributed by atoms with Crippen LogP contribution in [0.15, 0.2) is 55.1 Å². The normalized spacial score (nSPS) is 15.6. The Hall–Kier alpha value is -3.15. The first-order valence-corrected chi connectivity index (χ1v) is 8.18. The molecule has 0 aliphatic heterocycles. The summed E-state index contributed by atoms with van der Waals surface area (Å²) in [6.07, 6.45) is 4.99. The van der Waals surface area contributed by atoms with E-state index >= 15 is 0 Å². The number of rotatable bonds is 4. The molecule has 0 bridgehead atoms. The van der Waals surface area contributed by atoms with E-state index < -0.39 is 0 Å². The Morgan fingerprint density at radius 2 is 2.00 bits per heavy atom. The van der Waals surface area contributed by atoms with Gasteiger partial charge in [0.2, 0.25) is 5.91 Å². The summed E-state index contributed by atoms with van der Waals surface area (Å²) in [5.41, 5.74) is 3.87. The van der Waals surface area contributed by atoms with Gasteiger partial charge in [0.15, 0.2) is 0 Å². The third-order valence-corrected chi connectivity index (χ3v) is 4.61. The summed E-state index contributed by atoms with van der Waals surface area (Å²) in [6.45, 7) is 0. The van der Waals surface area contributed by atoms with Crippen LogP contribution in [0.3, 0.4) is 0 Å². The van der Waals surface area contributed by atoms with Crippen LogP contribution in [-0.4, -0.2) is 27.8 Å². The van der Waals surface area contributed by atoms with Gasteiger partial charge in [-0.25, -0.2) is 0 Å². The largest absolute Gasteiger partial charge is 0.495 e.